The number of rotatable bonds is 4. The average Bonchev–Trinajstić information content (AvgIpc) is 2.43. The highest BCUT2D eigenvalue weighted by Crippen LogP contribution is 2.51. The summed E-state index contributed by atoms with van der Waals surface area (Å²) in [4.78, 5) is -2.42. The van der Waals surface area contributed by atoms with Crippen LogP contribution in [0.15, 0.2) is 9.79 Å². The molecule has 0 unspecified atom stereocenters. The van der Waals surface area contributed by atoms with Crippen molar-refractivity contribution >= 4 is 36.6 Å². The van der Waals surface area contributed by atoms with Crippen molar-refractivity contribution in [1.29, 1.82) is 0 Å². The molecule has 0 amide bonds. The molecular formula is C10H6F10N2O2S2. The molecule has 0 aliphatic heterocycles. The third-order valence-corrected chi connectivity index (χ3v) is 3.44. The Morgan fingerprint density at radius 1 is 0.577 bits per heavy atom. The molecule has 4 nitrogen and oxygen atoms in total. The van der Waals surface area contributed by atoms with Crippen molar-refractivity contribution < 1.29 is 53.4 Å². The Morgan fingerprint density at radius 3 is 1.00 bits per heavy atom. The summed E-state index contributed by atoms with van der Waals surface area (Å²) >= 11 is 6.71. The third-order valence-electron chi connectivity index (χ3n) is 2.55. The Kier molecular flexibility index (Phi) is 5.65. The van der Waals surface area contributed by atoms with Crippen molar-refractivity contribution in [3.63, 3.8) is 0 Å². The Hall–Kier alpha value is -1.58. The van der Waals surface area contributed by atoms with Crippen LogP contribution in [-0.4, -0.2) is 24.6 Å². The molecule has 0 heterocycles. The van der Waals surface area contributed by atoms with Crippen molar-refractivity contribution in [2.75, 3.05) is 11.5 Å². The van der Waals surface area contributed by atoms with E-state index in [1.807, 2.05) is 0 Å². The SMILES string of the molecule is Nc1c(S)c(OC(F)(F)C(F)(F)F)c(N)c(S)c1OC(F)(F)C(F)(F)F. The topological polar surface area (TPSA) is 70.5 Å². The maximum Gasteiger partial charge on any atom is 0.499 e. The molecular weight excluding hydrogens is 434 g/mol. The van der Waals surface area contributed by atoms with E-state index in [4.69, 9.17) is 11.5 Å². The number of nitrogen functional groups attached to an aromatic ring is 2. The maximum absolute atomic E-state index is 13.0. The van der Waals surface area contributed by atoms with E-state index in [-0.39, 0.29) is 0 Å². The van der Waals surface area contributed by atoms with Crippen LogP contribution in [0.4, 0.5) is 55.3 Å². The fraction of sp³-hybridized carbons (Fsp3) is 0.400. The molecule has 1 rings (SSSR count). The first-order valence-electron chi connectivity index (χ1n) is 5.73. The van der Waals surface area contributed by atoms with Crippen molar-refractivity contribution in [2.24, 2.45) is 0 Å². The summed E-state index contributed by atoms with van der Waals surface area (Å²) in [6.07, 6.45) is -24.1. The van der Waals surface area contributed by atoms with Gasteiger partial charge in [0.05, 0.1) is 21.2 Å². The van der Waals surface area contributed by atoms with Crippen LogP contribution in [-0.2, 0) is 0 Å². The highest BCUT2D eigenvalue weighted by Gasteiger charge is 2.63. The van der Waals surface area contributed by atoms with Gasteiger partial charge >= 0.3 is 24.6 Å². The zero-order valence-corrected chi connectivity index (χ0v) is 13.4. The zero-order valence-electron chi connectivity index (χ0n) is 11.6. The van der Waals surface area contributed by atoms with Gasteiger partial charge in [0.1, 0.15) is 0 Å². The molecule has 0 aliphatic carbocycles. The first kappa shape index (κ1) is 22.5. The van der Waals surface area contributed by atoms with Crippen LogP contribution in [0, 0.1) is 0 Å². The van der Waals surface area contributed by atoms with Gasteiger partial charge in [-0.2, -0.15) is 43.9 Å². The Balaban J connectivity index is 3.48. The van der Waals surface area contributed by atoms with Crippen molar-refractivity contribution in [1.82, 2.24) is 0 Å². The summed E-state index contributed by atoms with van der Waals surface area (Å²) in [5, 5.41) is 0. The summed E-state index contributed by atoms with van der Waals surface area (Å²) < 4.78 is 132. The van der Waals surface area contributed by atoms with Crippen LogP contribution >= 0.6 is 25.3 Å². The van der Waals surface area contributed by atoms with Gasteiger partial charge in [0.25, 0.3) is 0 Å². The van der Waals surface area contributed by atoms with Gasteiger partial charge in [0.2, 0.25) is 0 Å². The zero-order chi connectivity index (χ0) is 20.9. The highest BCUT2D eigenvalue weighted by molar-refractivity contribution is 7.81. The molecule has 0 saturated carbocycles. The number of hydrogen-bond acceptors (Lipinski definition) is 6. The first-order chi connectivity index (χ1) is 11.3. The second-order valence-corrected chi connectivity index (χ2v) is 5.31. The van der Waals surface area contributed by atoms with Gasteiger partial charge in [-0.3, -0.25) is 0 Å². The lowest BCUT2D eigenvalue weighted by molar-refractivity contribution is -0.361. The number of hydrogen-bond donors (Lipinski definition) is 4. The molecule has 0 fully saturated rings. The van der Waals surface area contributed by atoms with Crippen LogP contribution in [0.2, 0.25) is 0 Å². The maximum atomic E-state index is 13.0. The molecule has 16 heteroatoms. The molecule has 0 spiro atoms. The first-order valence-corrected chi connectivity index (χ1v) is 6.63. The average molecular weight is 440 g/mol. The van der Waals surface area contributed by atoms with Crippen molar-refractivity contribution in [3.05, 3.63) is 0 Å². The van der Waals surface area contributed by atoms with Gasteiger partial charge in [0, 0.05) is 0 Å². The largest absolute Gasteiger partial charge is 0.499 e. The minimum atomic E-state index is -6.22. The number of benzene rings is 1. The summed E-state index contributed by atoms with van der Waals surface area (Å²) in [6.45, 7) is 0. The van der Waals surface area contributed by atoms with E-state index >= 15 is 0 Å². The molecule has 0 radical (unpaired) electrons. The van der Waals surface area contributed by atoms with Gasteiger partial charge in [-0.15, -0.1) is 25.3 Å². The summed E-state index contributed by atoms with van der Waals surface area (Å²) in [6, 6.07) is 0. The lowest BCUT2D eigenvalue weighted by Crippen LogP contribution is -2.42. The van der Waals surface area contributed by atoms with E-state index in [0.717, 1.165) is 0 Å². The molecule has 0 atom stereocenters. The monoisotopic (exact) mass is 440 g/mol. The molecule has 1 aromatic rings. The van der Waals surface area contributed by atoms with Crippen molar-refractivity contribution in [2.45, 2.75) is 34.4 Å². The van der Waals surface area contributed by atoms with Gasteiger partial charge in [0.15, 0.2) is 11.5 Å². The van der Waals surface area contributed by atoms with Crippen LogP contribution in [0.3, 0.4) is 0 Å². The molecule has 150 valence electrons. The van der Waals surface area contributed by atoms with Gasteiger partial charge < -0.3 is 20.9 Å². The Labute approximate surface area is 148 Å². The smallest absolute Gasteiger partial charge is 0.422 e. The lowest BCUT2D eigenvalue weighted by Gasteiger charge is -2.26. The molecule has 1 aromatic carbocycles. The molecule has 0 bridgehead atoms. The van der Waals surface area contributed by atoms with E-state index in [1.54, 1.807) is 0 Å². The van der Waals surface area contributed by atoms with E-state index in [0.29, 0.717) is 0 Å². The fourth-order valence-electron chi connectivity index (χ4n) is 1.29. The second-order valence-electron chi connectivity index (χ2n) is 4.42. The van der Waals surface area contributed by atoms with Gasteiger partial charge in [-0.25, -0.2) is 0 Å². The number of halogens is 10. The number of ether oxygens (including phenoxy) is 2. The fourth-order valence-corrected chi connectivity index (χ4v) is 1.83. The minimum Gasteiger partial charge on any atom is -0.422 e. The van der Waals surface area contributed by atoms with Crippen molar-refractivity contribution in [3.8, 4) is 11.5 Å². The van der Waals surface area contributed by atoms with E-state index in [1.165, 1.54) is 0 Å². The normalized spacial score (nSPS) is 13.7. The lowest BCUT2D eigenvalue weighted by atomic mass is 10.2. The predicted molar refractivity (Wildman–Crippen MR) is 73.0 cm³/mol. The number of thiol groups is 2. The highest BCUT2D eigenvalue weighted by atomic mass is 32.1. The molecule has 26 heavy (non-hydrogen) atoms. The molecule has 0 aromatic heterocycles. The number of anilines is 2. The number of nitrogens with two attached hydrogens (primary N) is 2. The quantitative estimate of drug-likeness (QED) is 0.316. The van der Waals surface area contributed by atoms with E-state index in [9.17, 15) is 43.9 Å². The van der Waals surface area contributed by atoms with Crippen LogP contribution in [0.1, 0.15) is 0 Å². The minimum absolute atomic E-state index is 1.21. The molecule has 4 N–H and O–H groups in total. The number of alkyl halides is 10. The molecule has 0 aliphatic rings. The van der Waals surface area contributed by atoms with Gasteiger partial charge in [-0.05, 0) is 0 Å². The molecule has 0 saturated heterocycles. The second kappa shape index (κ2) is 6.54. The summed E-state index contributed by atoms with van der Waals surface area (Å²) in [5.41, 5.74) is 7.63. The standard InChI is InChI=1S/C10H6F10N2O2S2/c11-7(12,13)9(17,18)23-3-1(21)5(25)4(2(22)6(3)26)24-10(19,20)8(14,15)16/h25-26H,21-22H2. The van der Waals surface area contributed by atoms with Crippen LogP contribution < -0.4 is 20.9 Å². The Morgan fingerprint density at radius 2 is 0.808 bits per heavy atom. The van der Waals surface area contributed by atoms with E-state index in [2.05, 4.69) is 34.7 Å². The van der Waals surface area contributed by atoms with E-state index < -0.39 is 57.2 Å². The third kappa shape index (κ3) is 4.05. The summed E-state index contributed by atoms with van der Waals surface area (Å²) in [5.74, 6) is -3.11. The van der Waals surface area contributed by atoms with Crippen LogP contribution in [0.5, 0.6) is 11.5 Å². The Bertz CT molecular complexity index is 617. The predicted octanol–water partition coefficient (Wildman–Crippen LogP) is 4.50. The summed E-state index contributed by atoms with van der Waals surface area (Å²) in [7, 11) is 0. The van der Waals surface area contributed by atoms with Crippen LogP contribution in [0.25, 0.3) is 0 Å². The van der Waals surface area contributed by atoms with Gasteiger partial charge in [-0.1, -0.05) is 0 Å².